The van der Waals surface area contributed by atoms with Crippen LogP contribution in [0, 0.1) is 11.3 Å². The van der Waals surface area contributed by atoms with E-state index in [1.807, 2.05) is 24.3 Å². The Balaban J connectivity index is 2.12. The van der Waals surface area contributed by atoms with Crippen LogP contribution in [0.25, 0.3) is 32.8 Å². The predicted molar refractivity (Wildman–Crippen MR) is 90.6 cm³/mol. The van der Waals surface area contributed by atoms with Crippen LogP contribution in [0.2, 0.25) is 0 Å². The summed E-state index contributed by atoms with van der Waals surface area (Å²) in [6, 6.07) is 22.8. The summed E-state index contributed by atoms with van der Waals surface area (Å²) in [5.41, 5.74) is 4.32. The van der Waals surface area contributed by atoms with E-state index in [0.29, 0.717) is 0 Å². The molecule has 3 aromatic carbocycles. The van der Waals surface area contributed by atoms with Gasteiger partial charge >= 0.3 is 0 Å². The van der Waals surface area contributed by atoms with Gasteiger partial charge in [-0.15, -0.1) is 0 Å². The predicted octanol–water partition coefficient (Wildman–Crippen LogP) is 4.87. The fourth-order valence-corrected chi connectivity index (χ4v) is 3.19. The second-order valence-electron chi connectivity index (χ2n) is 5.49. The largest absolute Gasteiger partial charge is 0.350 e. The molecule has 4 rings (SSSR count). The number of para-hydroxylation sites is 1. The summed E-state index contributed by atoms with van der Waals surface area (Å²) in [6.07, 6.45) is 2.17. The van der Waals surface area contributed by atoms with E-state index in [9.17, 15) is 5.26 Å². The van der Waals surface area contributed by atoms with Crippen molar-refractivity contribution in [2.75, 3.05) is 0 Å². The summed E-state index contributed by atoms with van der Waals surface area (Å²) in [6.45, 7) is 0. The highest BCUT2D eigenvalue weighted by atomic mass is 14.9. The first-order valence-electron chi connectivity index (χ1n) is 7.26. The van der Waals surface area contributed by atoms with Gasteiger partial charge in [-0.1, -0.05) is 48.5 Å². The summed E-state index contributed by atoms with van der Waals surface area (Å²) in [5, 5.41) is 12.7. The highest BCUT2D eigenvalue weighted by Crippen LogP contribution is 2.35. The molecule has 0 bridgehead atoms. The average molecular weight is 282 g/mol. The molecule has 0 unspecified atom stereocenters. The first kappa shape index (κ1) is 12.7. The molecule has 0 radical (unpaired) electrons. The van der Waals surface area contributed by atoms with E-state index in [-0.39, 0.29) is 0 Å². The highest BCUT2D eigenvalue weighted by molar-refractivity contribution is 6.06. The molecular formula is C20H14N2. The quantitative estimate of drug-likeness (QED) is 0.489. The molecule has 2 nitrogen and oxygen atoms in total. The zero-order valence-electron chi connectivity index (χ0n) is 12.2. The maximum absolute atomic E-state index is 9.32. The van der Waals surface area contributed by atoms with Gasteiger partial charge in [0.1, 0.15) is 0 Å². The summed E-state index contributed by atoms with van der Waals surface area (Å²) < 4.78 is 2.15. The van der Waals surface area contributed by atoms with Gasteiger partial charge in [0.2, 0.25) is 0 Å². The van der Waals surface area contributed by atoms with Crippen LogP contribution in [-0.2, 0) is 7.05 Å². The van der Waals surface area contributed by atoms with Crippen LogP contribution in [-0.4, -0.2) is 4.57 Å². The fourth-order valence-electron chi connectivity index (χ4n) is 3.19. The average Bonchev–Trinajstić information content (AvgIpc) is 2.91. The van der Waals surface area contributed by atoms with E-state index in [4.69, 9.17) is 0 Å². The van der Waals surface area contributed by atoms with Crippen molar-refractivity contribution < 1.29 is 0 Å². The number of nitrogens with zero attached hydrogens (tertiary/aromatic N) is 2. The second kappa shape index (κ2) is 4.75. The van der Waals surface area contributed by atoms with E-state index < -0.39 is 0 Å². The lowest BCUT2D eigenvalue weighted by atomic mass is 9.95. The summed E-state index contributed by atoms with van der Waals surface area (Å²) in [7, 11) is 2.07. The Hall–Kier alpha value is -3.05. The maximum atomic E-state index is 9.32. The molecule has 104 valence electrons. The number of benzene rings is 3. The molecule has 0 aliphatic heterocycles. The Morgan fingerprint density at radius 2 is 1.45 bits per heavy atom. The van der Waals surface area contributed by atoms with Gasteiger partial charge in [-0.25, -0.2) is 0 Å². The zero-order valence-corrected chi connectivity index (χ0v) is 12.2. The minimum absolute atomic E-state index is 0.722. The van der Waals surface area contributed by atoms with Gasteiger partial charge in [0.25, 0.3) is 0 Å². The Bertz CT molecular complexity index is 1050. The number of rotatable bonds is 1. The Labute approximate surface area is 128 Å². The molecular weight excluding hydrogens is 268 g/mol. The van der Waals surface area contributed by atoms with Gasteiger partial charge in [-0.2, -0.15) is 5.26 Å². The van der Waals surface area contributed by atoms with Gasteiger partial charge in [0.05, 0.1) is 11.6 Å². The first-order chi connectivity index (χ1) is 10.8. The van der Waals surface area contributed by atoms with Crippen LogP contribution in [0.3, 0.4) is 0 Å². The molecule has 1 aromatic heterocycles. The minimum Gasteiger partial charge on any atom is -0.350 e. The van der Waals surface area contributed by atoms with E-state index in [1.165, 1.54) is 22.0 Å². The number of nitriles is 1. The van der Waals surface area contributed by atoms with Crippen LogP contribution in [0.4, 0.5) is 0 Å². The third kappa shape index (κ3) is 1.73. The Kier molecular flexibility index (Phi) is 2.74. The standard InChI is InChI=1S/C20H14N2/c1-22-13-19(18-8-4-5-9-20(18)22)17-11-10-14(12-21)15-6-2-3-7-16(15)17/h2-11,13H,1H3. The molecule has 0 amide bonds. The van der Waals surface area contributed by atoms with Gasteiger partial charge in [-0.3, -0.25) is 0 Å². The third-order valence-corrected chi connectivity index (χ3v) is 4.23. The van der Waals surface area contributed by atoms with Gasteiger partial charge in [0.15, 0.2) is 0 Å². The van der Waals surface area contributed by atoms with Crippen LogP contribution in [0.1, 0.15) is 5.56 Å². The van der Waals surface area contributed by atoms with Gasteiger partial charge in [-0.05, 0) is 23.1 Å². The van der Waals surface area contributed by atoms with Crippen LogP contribution >= 0.6 is 0 Å². The van der Waals surface area contributed by atoms with Crippen molar-refractivity contribution in [2.45, 2.75) is 0 Å². The third-order valence-electron chi connectivity index (χ3n) is 4.23. The van der Waals surface area contributed by atoms with Crippen molar-refractivity contribution in [1.29, 1.82) is 5.26 Å². The number of hydrogen-bond donors (Lipinski definition) is 0. The molecule has 0 spiro atoms. The van der Waals surface area contributed by atoms with Crippen LogP contribution in [0.15, 0.2) is 66.9 Å². The number of aryl methyl sites for hydroxylation is 1. The molecule has 0 aliphatic carbocycles. The summed E-state index contributed by atoms with van der Waals surface area (Å²) in [5.74, 6) is 0. The zero-order chi connectivity index (χ0) is 15.1. The molecule has 22 heavy (non-hydrogen) atoms. The van der Waals surface area contributed by atoms with E-state index in [1.54, 1.807) is 0 Å². The molecule has 0 saturated heterocycles. The minimum atomic E-state index is 0.722. The second-order valence-corrected chi connectivity index (χ2v) is 5.49. The molecule has 0 fully saturated rings. The first-order valence-corrected chi connectivity index (χ1v) is 7.26. The lowest BCUT2D eigenvalue weighted by molar-refractivity contribution is 0.970. The molecule has 0 saturated carbocycles. The smallest absolute Gasteiger partial charge is 0.0998 e. The van der Waals surface area contributed by atoms with Crippen molar-refractivity contribution in [3.8, 4) is 17.2 Å². The number of fused-ring (bicyclic) bond motifs is 2. The van der Waals surface area contributed by atoms with Crippen molar-refractivity contribution in [3.63, 3.8) is 0 Å². The Morgan fingerprint density at radius 3 is 2.23 bits per heavy atom. The monoisotopic (exact) mass is 282 g/mol. The van der Waals surface area contributed by atoms with E-state index in [0.717, 1.165) is 16.3 Å². The molecule has 0 N–H and O–H groups in total. The SMILES string of the molecule is Cn1cc(-c2ccc(C#N)c3ccccc23)c2ccccc21. The highest BCUT2D eigenvalue weighted by Gasteiger charge is 2.12. The van der Waals surface area contributed by atoms with Crippen LogP contribution in [0.5, 0.6) is 0 Å². The molecule has 2 heteroatoms. The lowest BCUT2D eigenvalue weighted by Crippen LogP contribution is -1.85. The number of aromatic nitrogens is 1. The van der Waals surface area contributed by atoms with Crippen molar-refractivity contribution in [2.24, 2.45) is 7.05 Å². The lowest BCUT2D eigenvalue weighted by Gasteiger charge is -2.07. The molecule has 0 aliphatic rings. The Morgan fingerprint density at radius 1 is 0.773 bits per heavy atom. The van der Waals surface area contributed by atoms with E-state index >= 15 is 0 Å². The topological polar surface area (TPSA) is 28.7 Å². The number of hydrogen-bond acceptors (Lipinski definition) is 1. The van der Waals surface area contributed by atoms with Crippen molar-refractivity contribution >= 4 is 21.7 Å². The fraction of sp³-hybridized carbons (Fsp3) is 0.0500. The summed E-state index contributed by atoms with van der Waals surface area (Å²) in [4.78, 5) is 0. The molecule has 0 atom stereocenters. The summed E-state index contributed by atoms with van der Waals surface area (Å²) >= 11 is 0. The van der Waals surface area contributed by atoms with Crippen LogP contribution < -0.4 is 0 Å². The van der Waals surface area contributed by atoms with E-state index in [2.05, 4.69) is 60.3 Å². The van der Waals surface area contributed by atoms with Crippen molar-refractivity contribution in [1.82, 2.24) is 4.57 Å². The normalized spacial score (nSPS) is 10.9. The molecule has 1 heterocycles. The molecule has 4 aromatic rings. The van der Waals surface area contributed by atoms with Gasteiger partial charge in [0, 0.05) is 35.1 Å². The van der Waals surface area contributed by atoms with Gasteiger partial charge < -0.3 is 4.57 Å². The maximum Gasteiger partial charge on any atom is 0.0998 e. The van der Waals surface area contributed by atoms with Crippen molar-refractivity contribution in [3.05, 3.63) is 72.4 Å².